The van der Waals surface area contributed by atoms with Gasteiger partial charge in [-0.15, -0.1) is 0 Å². The van der Waals surface area contributed by atoms with Gasteiger partial charge in [-0.2, -0.15) is 4.57 Å². The summed E-state index contributed by atoms with van der Waals surface area (Å²) in [5, 5.41) is 2.94. The average molecular weight is 688 g/mol. The number of thiazole rings is 1. The van der Waals surface area contributed by atoms with Crippen LogP contribution >= 0.6 is 11.3 Å². The van der Waals surface area contributed by atoms with Gasteiger partial charge in [-0.05, 0) is 49.1 Å². The molecule has 0 spiro atoms. The number of rotatable bonds is 20. The molecular formula is C37H55BrN2O3S. The Hall–Kier alpha value is -2.38. The van der Waals surface area contributed by atoms with Crippen LogP contribution in [0.1, 0.15) is 121 Å². The van der Waals surface area contributed by atoms with Gasteiger partial charge in [0, 0.05) is 16.8 Å². The molecule has 5 nitrogen and oxygen atoms in total. The number of aromatic nitrogens is 1. The second-order valence-corrected chi connectivity index (χ2v) is 13.9. The second kappa shape index (κ2) is 20.6. The molecule has 0 radical (unpaired) electrons. The summed E-state index contributed by atoms with van der Waals surface area (Å²) in [6.07, 6.45) is 18.2. The van der Waals surface area contributed by atoms with Gasteiger partial charge in [0.25, 0.3) is 5.91 Å². The highest BCUT2D eigenvalue weighted by molar-refractivity contribution is 7.09. The van der Waals surface area contributed by atoms with Crippen molar-refractivity contribution in [1.82, 2.24) is 0 Å². The zero-order chi connectivity index (χ0) is 30.9. The standard InChI is InChI=1S/C37H54N2O3S.BrH/c1-6-7-8-9-10-11-12-13-14-15-16-17-24-41-35-23-22-33(25-34(35)37(3,4)5)42-28-36(40)38-32-20-18-31(19-21-32)27-39-26-30(2)43-29-39;/h18-23,25-26,29H,6-17,24,27-28H2,1-5H3;1H. The largest absolute Gasteiger partial charge is 1.00 e. The maximum absolute atomic E-state index is 12.6. The molecule has 44 heavy (non-hydrogen) atoms. The minimum atomic E-state index is -0.180. The molecule has 3 aromatic rings. The molecule has 1 aromatic heterocycles. The molecule has 2 aromatic carbocycles. The summed E-state index contributed by atoms with van der Waals surface area (Å²) in [4.78, 5) is 13.9. The summed E-state index contributed by atoms with van der Waals surface area (Å²) < 4.78 is 14.3. The first-order valence-corrected chi connectivity index (χ1v) is 17.4. The van der Waals surface area contributed by atoms with Crippen LogP contribution in [0, 0.1) is 6.92 Å². The third kappa shape index (κ3) is 14.6. The molecule has 1 heterocycles. The van der Waals surface area contributed by atoms with E-state index in [1.807, 2.05) is 42.5 Å². The van der Waals surface area contributed by atoms with Crippen LogP contribution in [0.25, 0.3) is 0 Å². The number of nitrogens with one attached hydrogen (secondary N) is 1. The molecule has 0 unspecified atom stereocenters. The Morgan fingerprint density at radius 2 is 1.45 bits per heavy atom. The Kier molecular flexibility index (Phi) is 17.7. The lowest BCUT2D eigenvalue weighted by Gasteiger charge is -2.24. The van der Waals surface area contributed by atoms with Crippen molar-refractivity contribution < 1.29 is 35.8 Å². The van der Waals surface area contributed by atoms with Crippen LogP contribution < -0.4 is 36.3 Å². The van der Waals surface area contributed by atoms with E-state index >= 15 is 0 Å². The van der Waals surface area contributed by atoms with Crippen LogP contribution in [0.15, 0.2) is 54.2 Å². The van der Waals surface area contributed by atoms with Crippen molar-refractivity contribution in [2.24, 2.45) is 0 Å². The predicted molar refractivity (Wildman–Crippen MR) is 181 cm³/mol. The summed E-state index contributed by atoms with van der Waals surface area (Å²) in [6, 6.07) is 13.9. The lowest BCUT2D eigenvalue weighted by atomic mass is 9.86. The third-order valence-corrected chi connectivity index (χ3v) is 8.56. The highest BCUT2D eigenvalue weighted by Gasteiger charge is 2.20. The molecule has 0 aliphatic rings. The van der Waals surface area contributed by atoms with Crippen molar-refractivity contribution in [2.75, 3.05) is 18.5 Å². The van der Waals surface area contributed by atoms with Crippen molar-refractivity contribution in [3.8, 4) is 11.5 Å². The summed E-state index contributed by atoms with van der Waals surface area (Å²) in [5.41, 5.74) is 5.06. The first-order valence-electron chi connectivity index (χ1n) is 16.5. The van der Waals surface area contributed by atoms with E-state index in [1.165, 1.54) is 81.1 Å². The Labute approximate surface area is 281 Å². The number of anilines is 1. The van der Waals surface area contributed by atoms with Crippen molar-refractivity contribution in [1.29, 1.82) is 0 Å². The molecule has 0 saturated heterocycles. The molecule has 0 atom stereocenters. The Bertz CT molecular complexity index is 1220. The van der Waals surface area contributed by atoms with E-state index in [1.54, 1.807) is 11.3 Å². The highest BCUT2D eigenvalue weighted by Crippen LogP contribution is 2.34. The maximum atomic E-state index is 12.6. The van der Waals surface area contributed by atoms with Crippen LogP contribution in [0.5, 0.6) is 11.5 Å². The van der Waals surface area contributed by atoms with Gasteiger partial charge < -0.3 is 31.8 Å². The van der Waals surface area contributed by atoms with Crippen LogP contribution in [0.4, 0.5) is 5.69 Å². The number of hydrogen-bond acceptors (Lipinski definition) is 4. The number of carbonyl (C=O) groups excluding carboxylic acids is 1. The molecular weight excluding hydrogens is 632 g/mol. The fourth-order valence-corrected chi connectivity index (χ4v) is 5.85. The molecule has 7 heteroatoms. The molecule has 244 valence electrons. The number of halogens is 1. The van der Waals surface area contributed by atoms with E-state index in [-0.39, 0.29) is 34.9 Å². The molecule has 0 bridgehead atoms. The molecule has 0 aliphatic carbocycles. The zero-order valence-electron chi connectivity index (χ0n) is 27.8. The monoisotopic (exact) mass is 686 g/mol. The minimum Gasteiger partial charge on any atom is -1.00 e. The van der Waals surface area contributed by atoms with Crippen molar-refractivity contribution >= 4 is 22.9 Å². The van der Waals surface area contributed by atoms with Gasteiger partial charge >= 0.3 is 0 Å². The molecule has 3 rings (SSSR count). The van der Waals surface area contributed by atoms with Crippen LogP contribution in [-0.2, 0) is 16.8 Å². The summed E-state index contributed by atoms with van der Waals surface area (Å²) >= 11 is 1.74. The van der Waals surface area contributed by atoms with Crippen LogP contribution in [-0.4, -0.2) is 19.1 Å². The summed E-state index contributed by atoms with van der Waals surface area (Å²) in [7, 11) is 0. The lowest BCUT2D eigenvalue weighted by molar-refractivity contribution is -0.683. The van der Waals surface area contributed by atoms with Gasteiger partial charge in [0.15, 0.2) is 19.3 Å². The van der Waals surface area contributed by atoms with E-state index in [2.05, 4.69) is 56.2 Å². The number of amides is 1. The fourth-order valence-electron chi connectivity index (χ4n) is 5.21. The van der Waals surface area contributed by atoms with E-state index in [0.717, 1.165) is 36.6 Å². The molecule has 0 aliphatic heterocycles. The molecule has 0 fully saturated rings. The number of nitrogens with zero attached hydrogens (tertiary/aromatic N) is 1. The van der Waals surface area contributed by atoms with E-state index < -0.39 is 0 Å². The SMILES string of the molecule is CCCCCCCCCCCCCCOc1ccc(OCC(=O)Nc2ccc(C[n+]3csc(C)c3)cc2)cc1C(C)(C)C.[Br-]. The van der Waals surface area contributed by atoms with Crippen LogP contribution in [0.2, 0.25) is 0 Å². The van der Waals surface area contributed by atoms with Crippen molar-refractivity contribution in [2.45, 2.75) is 124 Å². The normalized spacial score (nSPS) is 11.2. The lowest BCUT2D eigenvalue weighted by Crippen LogP contribution is -3.00. The Balaban J connectivity index is 0.00000675. The quantitative estimate of drug-likeness (QED) is 0.105. The van der Waals surface area contributed by atoms with Gasteiger partial charge in [-0.25, -0.2) is 0 Å². The highest BCUT2D eigenvalue weighted by atomic mass is 79.9. The van der Waals surface area contributed by atoms with E-state index in [9.17, 15) is 4.79 Å². The molecule has 1 N–H and O–H groups in total. The maximum Gasteiger partial charge on any atom is 0.262 e. The van der Waals surface area contributed by atoms with Gasteiger partial charge in [0.05, 0.1) is 11.5 Å². The zero-order valence-corrected chi connectivity index (χ0v) is 30.2. The number of ether oxygens (including phenoxy) is 2. The van der Waals surface area contributed by atoms with E-state index in [0.29, 0.717) is 5.75 Å². The molecule has 0 saturated carbocycles. The van der Waals surface area contributed by atoms with Gasteiger partial charge in [-0.1, -0.05) is 122 Å². The summed E-state index contributed by atoms with van der Waals surface area (Å²) in [6.45, 7) is 12.4. The van der Waals surface area contributed by atoms with Gasteiger partial charge in [0.2, 0.25) is 5.51 Å². The first-order chi connectivity index (χ1) is 20.7. The predicted octanol–water partition coefficient (Wildman–Crippen LogP) is 6.79. The number of aryl methyl sites for hydroxylation is 1. The van der Waals surface area contributed by atoms with Gasteiger partial charge in [0.1, 0.15) is 11.5 Å². The first kappa shape index (κ1) is 37.8. The van der Waals surface area contributed by atoms with Crippen LogP contribution in [0.3, 0.4) is 0 Å². The summed E-state index contributed by atoms with van der Waals surface area (Å²) in [5.74, 6) is 1.40. The number of unbranched alkanes of at least 4 members (excludes halogenated alkanes) is 11. The second-order valence-electron chi connectivity index (χ2n) is 12.8. The average Bonchev–Trinajstić information content (AvgIpc) is 3.39. The number of hydrogen-bond donors (Lipinski definition) is 1. The number of benzene rings is 2. The minimum absolute atomic E-state index is 0. The fraction of sp³-hybridized carbons (Fsp3) is 0.568. The Morgan fingerprint density at radius 1 is 0.841 bits per heavy atom. The smallest absolute Gasteiger partial charge is 0.262 e. The van der Waals surface area contributed by atoms with E-state index in [4.69, 9.17) is 9.47 Å². The molecule has 1 amide bonds. The van der Waals surface area contributed by atoms with Crippen molar-refractivity contribution in [3.05, 3.63) is 70.2 Å². The van der Waals surface area contributed by atoms with Crippen molar-refractivity contribution in [3.63, 3.8) is 0 Å². The topological polar surface area (TPSA) is 51.4 Å². The number of carbonyl (C=O) groups is 1. The third-order valence-electron chi connectivity index (χ3n) is 7.71. The van der Waals surface area contributed by atoms with Gasteiger partial charge in [-0.3, -0.25) is 4.79 Å². The Morgan fingerprint density at radius 3 is 2.02 bits per heavy atom.